The predicted octanol–water partition coefficient (Wildman–Crippen LogP) is 3.29. The van der Waals surface area contributed by atoms with E-state index in [1.165, 1.54) is 36.7 Å². The Hall–Kier alpha value is -3.53. The fraction of sp³-hybridized carbons (Fsp3) is 0.0588. The van der Waals surface area contributed by atoms with Crippen LogP contribution in [-0.2, 0) is 6.54 Å². The number of rotatable bonds is 5. The van der Waals surface area contributed by atoms with Crippen LogP contribution in [0.2, 0.25) is 0 Å². The van der Waals surface area contributed by atoms with E-state index < -0.39 is 0 Å². The first-order chi connectivity index (χ1) is 11.7. The summed E-state index contributed by atoms with van der Waals surface area (Å²) in [5.41, 5.74) is 1.12. The van der Waals surface area contributed by atoms with Gasteiger partial charge in [0.05, 0.1) is 0 Å². The van der Waals surface area contributed by atoms with Crippen molar-refractivity contribution in [2.24, 2.45) is 0 Å². The van der Waals surface area contributed by atoms with Crippen molar-refractivity contribution in [2.75, 3.05) is 5.32 Å². The molecule has 0 saturated heterocycles. The highest BCUT2D eigenvalue weighted by molar-refractivity contribution is 5.47. The minimum Gasteiger partial charge on any atom is -0.439 e. The van der Waals surface area contributed by atoms with Crippen molar-refractivity contribution in [3.63, 3.8) is 0 Å². The Morgan fingerprint density at radius 1 is 1.04 bits per heavy atom. The zero-order chi connectivity index (χ0) is 16.8. The van der Waals surface area contributed by atoms with Crippen molar-refractivity contribution in [3.8, 4) is 17.7 Å². The van der Waals surface area contributed by atoms with Crippen molar-refractivity contribution in [1.82, 2.24) is 15.0 Å². The van der Waals surface area contributed by atoms with Crippen LogP contribution in [0.15, 0.2) is 55.0 Å². The van der Waals surface area contributed by atoms with Crippen molar-refractivity contribution < 1.29 is 9.13 Å². The van der Waals surface area contributed by atoms with Gasteiger partial charge in [-0.2, -0.15) is 5.26 Å². The Kier molecular flexibility index (Phi) is 4.58. The summed E-state index contributed by atoms with van der Waals surface area (Å²) in [6.45, 7) is 0.426. The first-order valence-corrected chi connectivity index (χ1v) is 7.08. The Morgan fingerprint density at radius 2 is 1.83 bits per heavy atom. The van der Waals surface area contributed by atoms with E-state index in [0.717, 1.165) is 5.56 Å². The van der Waals surface area contributed by atoms with E-state index >= 15 is 0 Å². The van der Waals surface area contributed by atoms with E-state index in [1.807, 2.05) is 12.1 Å². The molecule has 7 heteroatoms. The zero-order valence-corrected chi connectivity index (χ0v) is 12.5. The van der Waals surface area contributed by atoms with Crippen LogP contribution < -0.4 is 10.1 Å². The van der Waals surface area contributed by atoms with Crippen LogP contribution in [0, 0.1) is 17.1 Å². The van der Waals surface area contributed by atoms with Gasteiger partial charge in [-0.05, 0) is 35.9 Å². The van der Waals surface area contributed by atoms with E-state index in [0.29, 0.717) is 24.0 Å². The van der Waals surface area contributed by atoms with E-state index in [4.69, 9.17) is 10.00 Å². The maximum atomic E-state index is 12.9. The Bertz CT molecular complexity index is 877. The average molecular weight is 321 g/mol. The molecule has 24 heavy (non-hydrogen) atoms. The summed E-state index contributed by atoms with van der Waals surface area (Å²) in [5, 5.41) is 12.0. The van der Waals surface area contributed by atoms with Crippen molar-refractivity contribution in [2.45, 2.75) is 6.54 Å². The maximum absolute atomic E-state index is 12.9. The second-order valence-corrected chi connectivity index (χ2v) is 4.78. The number of ether oxygens (including phenoxy) is 1. The number of hydrogen-bond acceptors (Lipinski definition) is 6. The molecule has 0 fully saturated rings. The number of benzene rings is 1. The summed E-state index contributed by atoms with van der Waals surface area (Å²) in [7, 11) is 0. The minimum absolute atomic E-state index is 0.231. The molecule has 0 aliphatic carbocycles. The molecule has 6 nitrogen and oxygen atoms in total. The molecule has 2 aromatic heterocycles. The molecule has 0 saturated carbocycles. The van der Waals surface area contributed by atoms with Gasteiger partial charge in [0.1, 0.15) is 17.6 Å². The molecule has 0 spiro atoms. The standard InChI is InChI=1S/C17H12FN5O/c18-13-1-3-14(4-2-13)24-16-9-12(5-6-21-16)11-23-17-15(10-19)20-7-8-22-17/h1-9H,11H2,(H,22,23). The molecule has 0 radical (unpaired) electrons. The van der Waals surface area contributed by atoms with E-state index in [-0.39, 0.29) is 11.5 Å². The zero-order valence-electron chi connectivity index (χ0n) is 12.5. The van der Waals surface area contributed by atoms with Crippen LogP contribution in [0.3, 0.4) is 0 Å². The number of nitriles is 1. The second kappa shape index (κ2) is 7.15. The molecule has 0 unspecified atom stereocenters. The van der Waals surface area contributed by atoms with Crippen molar-refractivity contribution >= 4 is 5.82 Å². The summed E-state index contributed by atoms with van der Waals surface area (Å²) in [5.74, 6) is 0.971. The summed E-state index contributed by atoms with van der Waals surface area (Å²) in [6, 6.07) is 11.2. The van der Waals surface area contributed by atoms with E-state index in [2.05, 4.69) is 20.3 Å². The highest BCUT2D eigenvalue weighted by atomic mass is 19.1. The highest BCUT2D eigenvalue weighted by Crippen LogP contribution is 2.20. The number of halogens is 1. The van der Waals surface area contributed by atoms with Gasteiger partial charge in [-0.15, -0.1) is 0 Å². The Balaban J connectivity index is 1.69. The third kappa shape index (κ3) is 3.81. The van der Waals surface area contributed by atoms with Gasteiger partial charge < -0.3 is 10.1 Å². The third-order valence-corrected chi connectivity index (χ3v) is 3.10. The molecular weight excluding hydrogens is 309 g/mol. The lowest BCUT2D eigenvalue weighted by Gasteiger charge is -2.08. The Morgan fingerprint density at radius 3 is 2.62 bits per heavy atom. The quantitative estimate of drug-likeness (QED) is 0.776. The van der Waals surface area contributed by atoms with Gasteiger partial charge in [0.15, 0.2) is 11.5 Å². The maximum Gasteiger partial charge on any atom is 0.219 e. The van der Waals surface area contributed by atoms with Crippen LogP contribution in [0.25, 0.3) is 0 Å². The van der Waals surface area contributed by atoms with Gasteiger partial charge in [-0.25, -0.2) is 19.3 Å². The highest BCUT2D eigenvalue weighted by Gasteiger charge is 2.05. The van der Waals surface area contributed by atoms with Gasteiger partial charge in [0, 0.05) is 31.2 Å². The summed E-state index contributed by atoms with van der Waals surface area (Å²) >= 11 is 0. The third-order valence-electron chi connectivity index (χ3n) is 3.10. The number of nitrogens with one attached hydrogen (secondary N) is 1. The number of hydrogen-bond donors (Lipinski definition) is 1. The number of nitrogens with zero attached hydrogens (tertiary/aromatic N) is 4. The van der Waals surface area contributed by atoms with Gasteiger partial charge in [-0.1, -0.05) is 0 Å². The van der Waals surface area contributed by atoms with E-state index in [1.54, 1.807) is 12.3 Å². The number of anilines is 1. The molecule has 118 valence electrons. The minimum atomic E-state index is -0.328. The molecule has 0 atom stereocenters. The molecule has 0 bridgehead atoms. The molecule has 0 amide bonds. The van der Waals surface area contributed by atoms with Crippen LogP contribution >= 0.6 is 0 Å². The summed E-state index contributed by atoms with van der Waals surface area (Å²) in [4.78, 5) is 12.1. The molecule has 0 aliphatic rings. The number of aromatic nitrogens is 3. The van der Waals surface area contributed by atoms with Gasteiger partial charge in [-0.3, -0.25) is 0 Å². The molecule has 0 aliphatic heterocycles. The summed E-state index contributed by atoms with van der Waals surface area (Å²) < 4.78 is 18.5. The molecule has 3 aromatic rings. The number of pyridine rings is 1. The second-order valence-electron chi connectivity index (χ2n) is 4.78. The monoisotopic (exact) mass is 321 g/mol. The fourth-order valence-corrected chi connectivity index (χ4v) is 1.97. The van der Waals surface area contributed by atoms with Crippen molar-refractivity contribution in [1.29, 1.82) is 5.26 Å². The first kappa shape index (κ1) is 15.4. The lowest BCUT2D eigenvalue weighted by Crippen LogP contribution is -2.04. The Labute approximate surface area is 137 Å². The normalized spacial score (nSPS) is 10.0. The SMILES string of the molecule is N#Cc1nccnc1NCc1ccnc(Oc2ccc(F)cc2)c1. The van der Waals surface area contributed by atoms with Crippen LogP contribution in [0.4, 0.5) is 10.2 Å². The molecular formula is C17H12FN5O. The molecule has 1 N–H and O–H groups in total. The van der Waals surface area contributed by atoms with Crippen LogP contribution in [-0.4, -0.2) is 15.0 Å². The van der Waals surface area contributed by atoms with Gasteiger partial charge in [0.25, 0.3) is 0 Å². The lowest BCUT2D eigenvalue weighted by atomic mass is 10.2. The van der Waals surface area contributed by atoms with E-state index in [9.17, 15) is 4.39 Å². The van der Waals surface area contributed by atoms with Gasteiger partial charge >= 0.3 is 0 Å². The van der Waals surface area contributed by atoms with Crippen molar-refractivity contribution in [3.05, 3.63) is 72.1 Å². The molecule has 1 aromatic carbocycles. The van der Waals surface area contributed by atoms with Crippen LogP contribution in [0.1, 0.15) is 11.3 Å². The molecule has 2 heterocycles. The van der Waals surface area contributed by atoms with Gasteiger partial charge in [0.2, 0.25) is 5.88 Å². The topological polar surface area (TPSA) is 83.7 Å². The predicted molar refractivity (Wildman–Crippen MR) is 84.8 cm³/mol. The smallest absolute Gasteiger partial charge is 0.219 e. The fourth-order valence-electron chi connectivity index (χ4n) is 1.97. The largest absolute Gasteiger partial charge is 0.439 e. The molecule has 3 rings (SSSR count). The first-order valence-electron chi connectivity index (χ1n) is 7.08. The lowest BCUT2D eigenvalue weighted by molar-refractivity contribution is 0.460. The average Bonchev–Trinajstić information content (AvgIpc) is 2.62. The summed E-state index contributed by atoms with van der Waals surface area (Å²) in [6.07, 6.45) is 4.58. The van der Waals surface area contributed by atoms with Crippen LogP contribution in [0.5, 0.6) is 11.6 Å².